The third-order valence-electron chi connectivity index (χ3n) is 3.93. The largest absolute Gasteiger partial charge is 0.397 e. The second kappa shape index (κ2) is 7.00. The Morgan fingerprint density at radius 3 is 2.42 bits per heavy atom. The van der Waals surface area contributed by atoms with Crippen LogP contribution >= 0.6 is 23.2 Å². The van der Waals surface area contributed by atoms with Crippen LogP contribution in [-0.2, 0) is 13.0 Å². The Labute approximate surface area is 150 Å². The van der Waals surface area contributed by atoms with Gasteiger partial charge in [-0.3, -0.25) is 0 Å². The van der Waals surface area contributed by atoms with E-state index in [1.807, 2.05) is 53.1 Å². The fourth-order valence-corrected chi connectivity index (χ4v) is 2.99. The molecule has 0 aliphatic rings. The summed E-state index contributed by atoms with van der Waals surface area (Å²) in [6.07, 6.45) is 0.620. The van der Waals surface area contributed by atoms with E-state index in [0.717, 1.165) is 16.8 Å². The Morgan fingerprint density at radius 1 is 1.04 bits per heavy atom. The summed E-state index contributed by atoms with van der Waals surface area (Å²) in [5, 5.41) is 10.8. The minimum atomic E-state index is 0.503. The van der Waals surface area contributed by atoms with Gasteiger partial charge in [0.15, 0.2) is 0 Å². The third-order valence-corrected chi connectivity index (χ3v) is 4.55. The van der Waals surface area contributed by atoms with Gasteiger partial charge in [-0.15, -0.1) is 0 Å². The molecule has 0 radical (unpaired) electrons. The molecule has 0 saturated heterocycles. The molecule has 0 bridgehead atoms. The van der Waals surface area contributed by atoms with Crippen molar-refractivity contribution in [3.05, 3.63) is 87.2 Å². The molecule has 3 nitrogen and oxygen atoms in total. The van der Waals surface area contributed by atoms with Crippen molar-refractivity contribution < 1.29 is 0 Å². The first-order valence-electron chi connectivity index (χ1n) is 7.44. The van der Waals surface area contributed by atoms with Gasteiger partial charge in [-0.05, 0) is 35.4 Å². The van der Waals surface area contributed by atoms with Crippen molar-refractivity contribution in [3.8, 4) is 6.07 Å². The Morgan fingerprint density at radius 2 is 1.75 bits per heavy atom. The van der Waals surface area contributed by atoms with Gasteiger partial charge in [0.05, 0.1) is 12.2 Å². The fourth-order valence-electron chi connectivity index (χ4n) is 2.67. The topological polar surface area (TPSA) is 54.7 Å². The molecular weight excluding hydrogens is 341 g/mol. The number of aromatic nitrogens is 1. The minimum absolute atomic E-state index is 0.503. The molecular formula is C19H15Cl2N3. The molecule has 3 aromatic rings. The SMILES string of the molecule is N#Cc1cc(N)c(Cc2ccc(Cl)cc2)n1Cc1ccccc1Cl. The smallest absolute Gasteiger partial charge is 0.122 e. The number of hydrogen-bond donors (Lipinski definition) is 1. The molecule has 2 aromatic carbocycles. The second-order valence-corrected chi connectivity index (χ2v) is 6.37. The van der Waals surface area contributed by atoms with Crippen molar-refractivity contribution in [1.82, 2.24) is 4.57 Å². The molecule has 120 valence electrons. The van der Waals surface area contributed by atoms with E-state index in [4.69, 9.17) is 28.9 Å². The van der Waals surface area contributed by atoms with Crippen molar-refractivity contribution in [1.29, 1.82) is 5.26 Å². The van der Waals surface area contributed by atoms with Gasteiger partial charge in [0.1, 0.15) is 11.8 Å². The summed E-state index contributed by atoms with van der Waals surface area (Å²) >= 11 is 12.2. The molecule has 5 heteroatoms. The molecule has 2 N–H and O–H groups in total. The Bertz CT molecular complexity index is 905. The lowest BCUT2D eigenvalue weighted by molar-refractivity contribution is 0.749. The van der Waals surface area contributed by atoms with E-state index >= 15 is 0 Å². The van der Waals surface area contributed by atoms with Crippen molar-refractivity contribution in [2.24, 2.45) is 0 Å². The summed E-state index contributed by atoms with van der Waals surface area (Å²) in [6, 6.07) is 19.1. The van der Waals surface area contributed by atoms with E-state index in [9.17, 15) is 5.26 Å². The van der Waals surface area contributed by atoms with E-state index in [0.29, 0.717) is 34.4 Å². The standard InChI is InChI=1S/C19H15Cl2N3/c20-15-7-5-13(6-8-15)9-19-18(23)10-16(11-22)24(19)12-14-3-1-2-4-17(14)21/h1-8,10H,9,12,23H2. The van der Waals surface area contributed by atoms with Gasteiger partial charge >= 0.3 is 0 Å². The Kier molecular flexibility index (Phi) is 4.80. The van der Waals surface area contributed by atoms with Crippen molar-refractivity contribution in [2.45, 2.75) is 13.0 Å². The summed E-state index contributed by atoms with van der Waals surface area (Å²) in [6.45, 7) is 0.503. The van der Waals surface area contributed by atoms with Crippen LogP contribution in [0.4, 0.5) is 5.69 Å². The summed E-state index contributed by atoms with van der Waals surface area (Å²) in [7, 11) is 0. The van der Waals surface area contributed by atoms with Crippen molar-refractivity contribution in [2.75, 3.05) is 5.73 Å². The highest BCUT2D eigenvalue weighted by Crippen LogP contribution is 2.25. The summed E-state index contributed by atoms with van der Waals surface area (Å²) in [5.41, 5.74) is 10.2. The van der Waals surface area contributed by atoms with E-state index in [-0.39, 0.29) is 0 Å². The predicted octanol–water partition coefficient (Wildman–Crippen LogP) is 4.89. The molecule has 0 unspecified atom stereocenters. The number of nitriles is 1. The first kappa shape index (κ1) is 16.4. The lowest BCUT2D eigenvalue weighted by Gasteiger charge is -2.13. The van der Waals surface area contributed by atoms with Crippen LogP contribution in [0.25, 0.3) is 0 Å². The van der Waals surface area contributed by atoms with Crippen LogP contribution in [0.3, 0.4) is 0 Å². The molecule has 1 heterocycles. The zero-order chi connectivity index (χ0) is 17.1. The highest BCUT2D eigenvalue weighted by molar-refractivity contribution is 6.31. The van der Waals surface area contributed by atoms with Gasteiger partial charge in [0.25, 0.3) is 0 Å². The van der Waals surface area contributed by atoms with Gasteiger partial charge in [-0.25, -0.2) is 0 Å². The quantitative estimate of drug-likeness (QED) is 0.724. The second-order valence-electron chi connectivity index (χ2n) is 5.52. The normalized spacial score (nSPS) is 10.5. The third kappa shape index (κ3) is 3.41. The first-order chi connectivity index (χ1) is 11.6. The van der Waals surface area contributed by atoms with E-state index < -0.39 is 0 Å². The molecule has 1 aromatic heterocycles. The maximum absolute atomic E-state index is 9.43. The van der Waals surface area contributed by atoms with Crippen LogP contribution in [0.5, 0.6) is 0 Å². The van der Waals surface area contributed by atoms with Gasteiger partial charge in [0.2, 0.25) is 0 Å². The maximum atomic E-state index is 9.43. The average Bonchev–Trinajstić information content (AvgIpc) is 2.87. The van der Waals surface area contributed by atoms with Crippen LogP contribution in [-0.4, -0.2) is 4.57 Å². The van der Waals surface area contributed by atoms with Gasteiger partial charge in [-0.2, -0.15) is 5.26 Å². The molecule has 0 saturated carbocycles. The lowest BCUT2D eigenvalue weighted by Crippen LogP contribution is -2.09. The number of nitrogens with two attached hydrogens (primary N) is 1. The zero-order valence-electron chi connectivity index (χ0n) is 12.8. The number of halogens is 2. The number of anilines is 1. The number of nitrogens with zero attached hydrogens (tertiary/aromatic N) is 2. The molecule has 0 amide bonds. The highest BCUT2D eigenvalue weighted by Gasteiger charge is 2.15. The van der Waals surface area contributed by atoms with Crippen LogP contribution in [0, 0.1) is 11.3 Å². The van der Waals surface area contributed by atoms with Gasteiger partial charge < -0.3 is 10.3 Å². The number of hydrogen-bond acceptors (Lipinski definition) is 2. The molecule has 0 atom stereocenters. The maximum Gasteiger partial charge on any atom is 0.122 e. The van der Waals surface area contributed by atoms with E-state index in [1.54, 1.807) is 6.07 Å². The fraction of sp³-hybridized carbons (Fsp3) is 0.105. The number of benzene rings is 2. The Hall–Kier alpha value is -2.41. The highest BCUT2D eigenvalue weighted by atomic mass is 35.5. The van der Waals surface area contributed by atoms with Crippen LogP contribution in [0.1, 0.15) is 22.5 Å². The molecule has 0 aliphatic carbocycles. The van der Waals surface area contributed by atoms with Crippen LogP contribution < -0.4 is 5.73 Å². The zero-order valence-corrected chi connectivity index (χ0v) is 14.3. The van der Waals surface area contributed by atoms with Crippen molar-refractivity contribution in [3.63, 3.8) is 0 Å². The lowest BCUT2D eigenvalue weighted by atomic mass is 10.1. The molecule has 0 fully saturated rings. The molecule has 0 aliphatic heterocycles. The first-order valence-corrected chi connectivity index (χ1v) is 8.20. The monoisotopic (exact) mass is 355 g/mol. The summed E-state index contributed by atoms with van der Waals surface area (Å²) in [5.74, 6) is 0. The molecule has 24 heavy (non-hydrogen) atoms. The summed E-state index contributed by atoms with van der Waals surface area (Å²) in [4.78, 5) is 0. The number of nitrogen functional groups attached to an aromatic ring is 1. The Balaban J connectivity index is 2.00. The average molecular weight is 356 g/mol. The van der Waals surface area contributed by atoms with Crippen LogP contribution in [0.15, 0.2) is 54.6 Å². The number of rotatable bonds is 4. The van der Waals surface area contributed by atoms with Crippen molar-refractivity contribution >= 4 is 28.9 Å². The minimum Gasteiger partial charge on any atom is -0.397 e. The molecule has 3 rings (SSSR count). The van der Waals surface area contributed by atoms with Crippen LogP contribution in [0.2, 0.25) is 10.0 Å². The van der Waals surface area contributed by atoms with Gasteiger partial charge in [0, 0.05) is 22.2 Å². The van der Waals surface area contributed by atoms with E-state index in [2.05, 4.69) is 6.07 Å². The summed E-state index contributed by atoms with van der Waals surface area (Å²) < 4.78 is 1.92. The van der Waals surface area contributed by atoms with E-state index in [1.165, 1.54) is 0 Å². The predicted molar refractivity (Wildman–Crippen MR) is 98.4 cm³/mol. The van der Waals surface area contributed by atoms with Gasteiger partial charge in [-0.1, -0.05) is 53.5 Å². The molecule has 0 spiro atoms.